The Kier molecular flexibility index (Phi) is 3.87. The number of aromatic nitrogens is 1. The van der Waals surface area contributed by atoms with Gasteiger partial charge in [0.25, 0.3) is 0 Å². The molecule has 0 radical (unpaired) electrons. The molecule has 0 fully saturated rings. The number of halogens is 2. The van der Waals surface area contributed by atoms with Crippen molar-refractivity contribution in [2.45, 2.75) is 6.92 Å². The van der Waals surface area contributed by atoms with Gasteiger partial charge in [0.15, 0.2) is 0 Å². The van der Waals surface area contributed by atoms with E-state index in [9.17, 15) is 0 Å². The van der Waals surface area contributed by atoms with E-state index >= 15 is 0 Å². The van der Waals surface area contributed by atoms with Gasteiger partial charge in [-0.05, 0) is 58.7 Å². The second kappa shape index (κ2) is 5.66. The monoisotopic (exact) mass is 405 g/mol. The average Bonchev–Trinajstić information content (AvgIpc) is 2.46. The summed E-state index contributed by atoms with van der Waals surface area (Å²) in [6, 6.07) is 12.1. The molecule has 3 aromatic rings. The molecule has 3 N–H and O–H groups in total. The molecule has 0 saturated carbocycles. The molecule has 0 aliphatic heterocycles. The standard InChI is InChI=1S/C16H13Br2N3/c1-9-2-4-12(18)15(6-9)21-16-11-7-10(17)3-5-14(11)20-8-13(16)19/h2-8H,19H2,1H3,(H,20,21). The number of nitrogens with one attached hydrogen (secondary N) is 1. The van der Waals surface area contributed by atoms with Crippen LogP contribution in [-0.4, -0.2) is 4.98 Å². The van der Waals surface area contributed by atoms with Crippen molar-refractivity contribution in [3.8, 4) is 0 Å². The number of rotatable bonds is 2. The van der Waals surface area contributed by atoms with Crippen LogP contribution in [0.4, 0.5) is 17.1 Å². The summed E-state index contributed by atoms with van der Waals surface area (Å²) in [6.07, 6.45) is 1.68. The molecular weight excluding hydrogens is 394 g/mol. The van der Waals surface area contributed by atoms with Gasteiger partial charge < -0.3 is 11.1 Å². The molecule has 0 bridgehead atoms. The maximum Gasteiger partial charge on any atom is 0.0746 e. The Morgan fingerprint density at radius 3 is 2.71 bits per heavy atom. The maximum absolute atomic E-state index is 6.12. The first-order chi connectivity index (χ1) is 10.0. The van der Waals surface area contributed by atoms with E-state index < -0.39 is 0 Å². The van der Waals surface area contributed by atoms with E-state index in [2.05, 4.69) is 61.2 Å². The summed E-state index contributed by atoms with van der Waals surface area (Å²) in [5.74, 6) is 0. The predicted molar refractivity (Wildman–Crippen MR) is 96.0 cm³/mol. The van der Waals surface area contributed by atoms with Gasteiger partial charge in [-0.15, -0.1) is 0 Å². The second-order valence-corrected chi connectivity index (χ2v) is 6.63. The number of hydrogen-bond donors (Lipinski definition) is 2. The SMILES string of the molecule is Cc1ccc(Br)c(Nc2c(N)cnc3ccc(Br)cc23)c1. The molecule has 0 spiro atoms. The van der Waals surface area contributed by atoms with E-state index in [0.29, 0.717) is 5.69 Å². The van der Waals surface area contributed by atoms with Gasteiger partial charge in [0, 0.05) is 14.3 Å². The maximum atomic E-state index is 6.12. The number of anilines is 3. The Balaban J connectivity index is 2.17. The van der Waals surface area contributed by atoms with Crippen molar-refractivity contribution in [2.24, 2.45) is 0 Å². The first-order valence-electron chi connectivity index (χ1n) is 6.41. The van der Waals surface area contributed by atoms with E-state index in [-0.39, 0.29) is 0 Å². The molecule has 106 valence electrons. The lowest BCUT2D eigenvalue weighted by atomic mass is 10.1. The van der Waals surface area contributed by atoms with Crippen molar-refractivity contribution in [3.63, 3.8) is 0 Å². The highest BCUT2D eigenvalue weighted by molar-refractivity contribution is 9.10. The lowest BCUT2D eigenvalue weighted by Gasteiger charge is -2.14. The number of nitrogen functional groups attached to an aromatic ring is 1. The average molecular weight is 407 g/mol. The van der Waals surface area contributed by atoms with Crippen LogP contribution in [0, 0.1) is 6.92 Å². The van der Waals surface area contributed by atoms with E-state index in [1.165, 1.54) is 5.56 Å². The zero-order valence-electron chi connectivity index (χ0n) is 11.3. The largest absolute Gasteiger partial charge is 0.396 e. The molecule has 0 aliphatic carbocycles. The summed E-state index contributed by atoms with van der Waals surface area (Å²) in [4.78, 5) is 4.37. The minimum Gasteiger partial charge on any atom is -0.396 e. The number of fused-ring (bicyclic) bond motifs is 1. The van der Waals surface area contributed by atoms with Gasteiger partial charge in [-0.25, -0.2) is 0 Å². The summed E-state index contributed by atoms with van der Waals surface area (Å²) in [5.41, 5.74) is 10.7. The molecule has 2 aromatic carbocycles. The van der Waals surface area contributed by atoms with Crippen molar-refractivity contribution in [2.75, 3.05) is 11.1 Å². The molecular formula is C16H13Br2N3. The zero-order valence-corrected chi connectivity index (χ0v) is 14.5. The van der Waals surface area contributed by atoms with Crippen molar-refractivity contribution in [1.82, 2.24) is 4.98 Å². The summed E-state index contributed by atoms with van der Waals surface area (Å²) in [7, 11) is 0. The molecule has 5 heteroatoms. The highest BCUT2D eigenvalue weighted by Crippen LogP contribution is 2.35. The van der Waals surface area contributed by atoms with Crippen LogP contribution in [0.15, 0.2) is 51.5 Å². The normalized spacial score (nSPS) is 10.8. The van der Waals surface area contributed by atoms with Gasteiger partial charge >= 0.3 is 0 Å². The lowest BCUT2D eigenvalue weighted by Crippen LogP contribution is -1.99. The molecule has 0 amide bonds. The van der Waals surface area contributed by atoms with E-state index in [0.717, 1.165) is 31.2 Å². The van der Waals surface area contributed by atoms with Gasteiger partial charge in [-0.1, -0.05) is 22.0 Å². The molecule has 0 atom stereocenters. The van der Waals surface area contributed by atoms with Crippen LogP contribution in [0.1, 0.15) is 5.56 Å². The molecule has 0 saturated heterocycles. The number of pyridine rings is 1. The highest BCUT2D eigenvalue weighted by Gasteiger charge is 2.09. The zero-order chi connectivity index (χ0) is 15.0. The van der Waals surface area contributed by atoms with Crippen molar-refractivity contribution in [1.29, 1.82) is 0 Å². The number of hydrogen-bond acceptors (Lipinski definition) is 3. The molecule has 0 aliphatic rings. The topological polar surface area (TPSA) is 50.9 Å². The number of benzene rings is 2. The first kappa shape index (κ1) is 14.4. The fourth-order valence-corrected chi connectivity index (χ4v) is 2.90. The highest BCUT2D eigenvalue weighted by atomic mass is 79.9. The van der Waals surface area contributed by atoms with Gasteiger partial charge in [0.05, 0.1) is 28.8 Å². The number of nitrogens with two attached hydrogens (primary N) is 1. The molecule has 0 unspecified atom stereocenters. The van der Waals surface area contributed by atoms with E-state index in [1.54, 1.807) is 6.20 Å². The van der Waals surface area contributed by atoms with E-state index in [4.69, 9.17) is 5.73 Å². The Bertz CT molecular complexity index is 826. The van der Waals surface area contributed by atoms with Crippen molar-refractivity contribution in [3.05, 3.63) is 57.1 Å². The quantitative estimate of drug-likeness (QED) is 0.599. The minimum atomic E-state index is 0.619. The van der Waals surface area contributed by atoms with E-state index in [1.807, 2.05) is 24.3 Å². The summed E-state index contributed by atoms with van der Waals surface area (Å²) in [6.45, 7) is 2.06. The van der Waals surface area contributed by atoms with Crippen LogP contribution in [0.3, 0.4) is 0 Å². The summed E-state index contributed by atoms with van der Waals surface area (Å²) >= 11 is 7.06. The fourth-order valence-electron chi connectivity index (χ4n) is 2.19. The fraction of sp³-hybridized carbons (Fsp3) is 0.0625. The minimum absolute atomic E-state index is 0.619. The summed E-state index contributed by atoms with van der Waals surface area (Å²) in [5, 5.41) is 4.40. The van der Waals surface area contributed by atoms with Crippen molar-refractivity contribution >= 4 is 59.8 Å². The van der Waals surface area contributed by atoms with Gasteiger partial charge in [0.1, 0.15) is 0 Å². The van der Waals surface area contributed by atoms with Crippen LogP contribution < -0.4 is 11.1 Å². The molecule has 3 nitrogen and oxygen atoms in total. The smallest absolute Gasteiger partial charge is 0.0746 e. The van der Waals surface area contributed by atoms with Crippen LogP contribution in [0.2, 0.25) is 0 Å². The third-order valence-corrected chi connectivity index (χ3v) is 4.43. The van der Waals surface area contributed by atoms with Crippen LogP contribution in [0.5, 0.6) is 0 Å². The Labute approximate surface area is 139 Å². The van der Waals surface area contributed by atoms with Crippen LogP contribution in [-0.2, 0) is 0 Å². The summed E-state index contributed by atoms with van der Waals surface area (Å²) < 4.78 is 1.99. The third-order valence-electron chi connectivity index (χ3n) is 3.24. The van der Waals surface area contributed by atoms with Crippen LogP contribution in [0.25, 0.3) is 10.9 Å². The Morgan fingerprint density at radius 1 is 1.10 bits per heavy atom. The second-order valence-electron chi connectivity index (χ2n) is 4.86. The first-order valence-corrected chi connectivity index (χ1v) is 8.00. The lowest BCUT2D eigenvalue weighted by molar-refractivity contribution is 1.39. The van der Waals surface area contributed by atoms with Gasteiger partial charge in [-0.2, -0.15) is 0 Å². The Hall–Kier alpha value is -1.59. The molecule has 1 aromatic heterocycles. The molecule has 3 rings (SSSR count). The van der Waals surface area contributed by atoms with Gasteiger partial charge in [-0.3, -0.25) is 4.98 Å². The number of nitrogens with zero attached hydrogens (tertiary/aromatic N) is 1. The molecule has 1 heterocycles. The molecule has 21 heavy (non-hydrogen) atoms. The Morgan fingerprint density at radius 2 is 1.90 bits per heavy atom. The third kappa shape index (κ3) is 2.89. The predicted octanol–water partition coefficient (Wildman–Crippen LogP) is 5.39. The number of aryl methyl sites for hydroxylation is 1. The van der Waals surface area contributed by atoms with Gasteiger partial charge in [0.2, 0.25) is 0 Å². The van der Waals surface area contributed by atoms with Crippen LogP contribution >= 0.6 is 31.9 Å². The van der Waals surface area contributed by atoms with Crippen molar-refractivity contribution < 1.29 is 0 Å².